The third kappa shape index (κ3) is 7.04. The Morgan fingerprint density at radius 2 is 1.70 bits per heavy atom. The molecule has 4 nitrogen and oxygen atoms in total. The molecule has 0 atom stereocenters. The SMILES string of the molecule is N#Cc1ccc(CN(CC(=O)Nc2ccc(Cl)cc2C(F)(F)F)Cc2cccc(F)c2)cc1. The molecule has 9 heteroatoms. The number of hydrogen-bond acceptors (Lipinski definition) is 3. The maximum Gasteiger partial charge on any atom is 0.418 e. The maximum atomic E-state index is 13.6. The van der Waals surface area contributed by atoms with Crippen LogP contribution in [0.25, 0.3) is 0 Å². The van der Waals surface area contributed by atoms with E-state index >= 15 is 0 Å². The number of nitriles is 1. The molecule has 0 bridgehead atoms. The molecule has 3 rings (SSSR count). The monoisotopic (exact) mass is 475 g/mol. The Balaban J connectivity index is 1.80. The Hall–Kier alpha value is -3.41. The van der Waals surface area contributed by atoms with Crippen LogP contribution in [0.4, 0.5) is 23.2 Å². The summed E-state index contributed by atoms with van der Waals surface area (Å²) >= 11 is 5.69. The summed E-state index contributed by atoms with van der Waals surface area (Å²) in [6, 6.07) is 17.6. The van der Waals surface area contributed by atoms with Crippen molar-refractivity contribution >= 4 is 23.2 Å². The van der Waals surface area contributed by atoms with Crippen LogP contribution in [-0.4, -0.2) is 17.4 Å². The number of rotatable bonds is 7. The van der Waals surface area contributed by atoms with E-state index in [0.29, 0.717) is 11.1 Å². The van der Waals surface area contributed by atoms with Gasteiger partial charge in [0.25, 0.3) is 0 Å². The lowest BCUT2D eigenvalue weighted by atomic mass is 10.1. The molecule has 3 aromatic carbocycles. The van der Waals surface area contributed by atoms with Gasteiger partial charge in [-0.2, -0.15) is 18.4 Å². The molecule has 0 aliphatic carbocycles. The molecule has 1 N–H and O–H groups in total. The Labute approximate surface area is 193 Å². The molecule has 0 aliphatic heterocycles. The van der Waals surface area contributed by atoms with Gasteiger partial charge in [-0.25, -0.2) is 4.39 Å². The van der Waals surface area contributed by atoms with Gasteiger partial charge in [0.05, 0.1) is 29.4 Å². The van der Waals surface area contributed by atoms with Crippen LogP contribution in [0.2, 0.25) is 5.02 Å². The predicted octanol–water partition coefficient (Wildman–Crippen LogP) is 6.01. The molecule has 33 heavy (non-hydrogen) atoms. The summed E-state index contributed by atoms with van der Waals surface area (Å²) in [5.74, 6) is -1.11. The molecule has 0 saturated heterocycles. The molecule has 0 saturated carbocycles. The normalized spacial score (nSPS) is 11.3. The average molecular weight is 476 g/mol. The van der Waals surface area contributed by atoms with Gasteiger partial charge >= 0.3 is 6.18 Å². The largest absolute Gasteiger partial charge is 0.418 e. The number of benzene rings is 3. The lowest BCUT2D eigenvalue weighted by Crippen LogP contribution is -2.33. The highest BCUT2D eigenvalue weighted by molar-refractivity contribution is 6.30. The van der Waals surface area contributed by atoms with Crippen molar-refractivity contribution in [3.8, 4) is 6.07 Å². The fourth-order valence-electron chi connectivity index (χ4n) is 3.26. The summed E-state index contributed by atoms with van der Waals surface area (Å²) in [4.78, 5) is 14.3. The van der Waals surface area contributed by atoms with Gasteiger partial charge in [-0.15, -0.1) is 0 Å². The number of amides is 1. The number of alkyl halides is 3. The van der Waals surface area contributed by atoms with Gasteiger partial charge < -0.3 is 5.32 Å². The zero-order chi connectivity index (χ0) is 24.0. The van der Waals surface area contributed by atoms with Crippen molar-refractivity contribution in [3.63, 3.8) is 0 Å². The summed E-state index contributed by atoms with van der Waals surface area (Å²) in [7, 11) is 0. The van der Waals surface area contributed by atoms with E-state index in [-0.39, 0.29) is 24.7 Å². The minimum Gasteiger partial charge on any atom is -0.324 e. The van der Waals surface area contributed by atoms with Gasteiger partial charge in [-0.3, -0.25) is 9.69 Å². The number of hydrogen-bond donors (Lipinski definition) is 1. The number of carbonyl (C=O) groups is 1. The zero-order valence-electron chi connectivity index (χ0n) is 17.2. The van der Waals surface area contributed by atoms with Crippen molar-refractivity contribution in [3.05, 3.63) is 99.8 Å². The Kier molecular flexibility index (Phi) is 7.69. The number of carbonyl (C=O) groups excluding carboxylic acids is 1. The highest BCUT2D eigenvalue weighted by atomic mass is 35.5. The van der Waals surface area contributed by atoms with Crippen LogP contribution in [0.15, 0.2) is 66.7 Å². The molecule has 3 aromatic rings. The van der Waals surface area contributed by atoms with Crippen LogP contribution in [0.1, 0.15) is 22.3 Å². The molecule has 0 aliphatic rings. The summed E-state index contributed by atoms with van der Waals surface area (Å²) in [6.45, 7) is 0.177. The van der Waals surface area contributed by atoms with Gasteiger partial charge in [0.15, 0.2) is 0 Å². The molecule has 0 aromatic heterocycles. The van der Waals surface area contributed by atoms with Crippen LogP contribution >= 0.6 is 11.6 Å². The van der Waals surface area contributed by atoms with E-state index in [0.717, 1.165) is 17.7 Å². The van der Waals surface area contributed by atoms with E-state index in [9.17, 15) is 22.4 Å². The summed E-state index contributed by atoms with van der Waals surface area (Å²) in [5.41, 5.74) is 0.392. The van der Waals surface area contributed by atoms with Crippen LogP contribution in [0.3, 0.4) is 0 Å². The van der Waals surface area contributed by atoms with Crippen molar-refractivity contribution in [1.82, 2.24) is 4.90 Å². The van der Waals surface area contributed by atoms with E-state index in [1.165, 1.54) is 24.3 Å². The molecule has 0 spiro atoms. The molecule has 0 heterocycles. The Morgan fingerprint density at radius 1 is 1.00 bits per heavy atom. The molecular weight excluding hydrogens is 458 g/mol. The standard InChI is InChI=1S/C24H18ClF4N3O/c25-19-8-9-22(21(11-19)24(27,28)29)31-23(33)15-32(14-18-2-1-3-20(26)10-18)13-17-6-4-16(12-30)5-7-17/h1-11H,13-15H2,(H,31,33). The average Bonchev–Trinajstić information content (AvgIpc) is 2.75. The topological polar surface area (TPSA) is 56.1 Å². The highest BCUT2D eigenvalue weighted by Gasteiger charge is 2.34. The number of anilines is 1. The molecule has 0 unspecified atom stereocenters. The smallest absolute Gasteiger partial charge is 0.324 e. The summed E-state index contributed by atoms with van der Waals surface area (Å²) in [5, 5.41) is 11.1. The number of halogens is 5. The predicted molar refractivity (Wildman–Crippen MR) is 117 cm³/mol. The van der Waals surface area contributed by atoms with Crippen molar-refractivity contribution in [2.45, 2.75) is 19.3 Å². The van der Waals surface area contributed by atoms with E-state index in [2.05, 4.69) is 5.32 Å². The van der Waals surface area contributed by atoms with E-state index in [1.807, 2.05) is 6.07 Å². The minimum absolute atomic E-state index is 0.103. The summed E-state index contributed by atoms with van der Waals surface area (Å²) in [6.07, 6.45) is -4.70. The van der Waals surface area contributed by atoms with E-state index in [4.69, 9.17) is 16.9 Å². The van der Waals surface area contributed by atoms with Crippen LogP contribution < -0.4 is 5.32 Å². The lowest BCUT2D eigenvalue weighted by molar-refractivity contribution is -0.137. The second kappa shape index (κ2) is 10.5. The van der Waals surface area contributed by atoms with Crippen molar-refractivity contribution in [2.75, 3.05) is 11.9 Å². The molecule has 170 valence electrons. The molecule has 1 amide bonds. The van der Waals surface area contributed by atoms with Crippen molar-refractivity contribution in [2.24, 2.45) is 0 Å². The molecule has 0 fully saturated rings. The van der Waals surface area contributed by atoms with Crippen LogP contribution in [0, 0.1) is 17.1 Å². The van der Waals surface area contributed by atoms with E-state index < -0.39 is 29.2 Å². The van der Waals surface area contributed by atoms with Crippen molar-refractivity contribution in [1.29, 1.82) is 5.26 Å². The molecule has 0 radical (unpaired) electrons. The third-order valence-electron chi connectivity index (χ3n) is 4.71. The first-order valence-electron chi connectivity index (χ1n) is 9.76. The van der Waals surface area contributed by atoms with Crippen molar-refractivity contribution < 1.29 is 22.4 Å². The minimum atomic E-state index is -4.70. The Bertz CT molecular complexity index is 1170. The van der Waals surface area contributed by atoms with Crippen LogP contribution in [0.5, 0.6) is 0 Å². The lowest BCUT2D eigenvalue weighted by Gasteiger charge is -2.23. The first-order chi connectivity index (χ1) is 15.6. The van der Waals surface area contributed by atoms with Gasteiger partial charge in [0, 0.05) is 18.1 Å². The fraction of sp³-hybridized carbons (Fsp3) is 0.167. The maximum absolute atomic E-state index is 13.6. The fourth-order valence-corrected chi connectivity index (χ4v) is 3.43. The second-order valence-corrected chi connectivity index (χ2v) is 7.76. The van der Waals surface area contributed by atoms with Gasteiger partial charge in [-0.1, -0.05) is 35.9 Å². The summed E-state index contributed by atoms with van der Waals surface area (Å²) < 4.78 is 53.6. The third-order valence-corrected chi connectivity index (χ3v) is 4.95. The number of nitrogens with zero attached hydrogens (tertiary/aromatic N) is 2. The first-order valence-corrected chi connectivity index (χ1v) is 10.1. The van der Waals surface area contributed by atoms with E-state index in [1.54, 1.807) is 35.2 Å². The second-order valence-electron chi connectivity index (χ2n) is 7.32. The quantitative estimate of drug-likeness (QED) is 0.426. The van der Waals surface area contributed by atoms with Gasteiger partial charge in [0.1, 0.15) is 5.82 Å². The molecular formula is C24H18ClF4N3O. The van der Waals surface area contributed by atoms with Gasteiger partial charge in [-0.05, 0) is 53.6 Å². The number of nitrogens with one attached hydrogen (secondary N) is 1. The van der Waals surface area contributed by atoms with Crippen LogP contribution in [-0.2, 0) is 24.1 Å². The zero-order valence-corrected chi connectivity index (χ0v) is 17.9. The highest BCUT2D eigenvalue weighted by Crippen LogP contribution is 2.36. The first kappa shape index (κ1) is 24.2. The Morgan fingerprint density at radius 3 is 2.33 bits per heavy atom. The van der Waals surface area contributed by atoms with Gasteiger partial charge in [0.2, 0.25) is 5.91 Å².